The van der Waals surface area contributed by atoms with Crippen LogP contribution in [0, 0.1) is 34.6 Å². The van der Waals surface area contributed by atoms with E-state index in [9.17, 15) is 0 Å². The lowest BCUT2D eigenvalue weighted by atomic mass is 9.95. The van der Waals surface area contributed by atoms with Crippen molar-refractivity contribution in [3.8, 4) is 33.9 Å². The third kappa shape index (κ3) is 10.5. The lowest BCUT2D eigenvalue weighted by molar-refractivity contribution is 0.107. The molecule has 0 amide bonds. The third-order valence-electron chi connectivity index (χ3n) is 14.2. The van der Waals surface area contributed by atoms with Crippen LogP contribution in [0.5, 0.6) is 0 Å². The third-order valence-corrected chi connectivity index (χ3v) is 17.3. The largest absolute Gasteiger partial charge is 0.377 e. The van der Waals surface area contributed by atoms with Gasteiger partial charge in [-0.05, 0) is 116 Å². The summed E-state index contributed by atoms with van der Waals surface area (Å²) in [4.78, 5) is 32.6. The van der Waals surface area contributed by atoms with Crippen LogP contribution in [-0.4, -0.2) is 56.3 Å². The second kappa shape index (κ2) is 24.0. The van der Waals surface area contributed by atoms with Crippen LogP contribution in [0.15, 0.2) is 109 Å². The Morgan fingerprint density at radius 2 is 0.787 bits per heavy atom. The molecule has 0 unspecified atom stereocenters. The highest BCUT2D eigenvalue weighted by Crippen LogP contribution is 2.46. The van der Waals surface area contributed by atoms with Gasteiger partial charge in [0.25, 0.3) is 0 Å². The maximum Gasteiger partial charge on any atom is 0.171 e. The van der Waals surface area contributed by atoms with Gasteiger partial charge >= 0.3 is 0 Å². The van der Waals surface area contributed by atoms with Crippen LogP contribution in [0.1, 0.15) is 103 Å². The first-order valence-electron chi connectivity index (χ1n) is 26.5. The van der Waals surface area contributed by atoms with Crippen LogP contribution >= 0.6 is 7.14 Å². The number of ether oxygens (including phenoxy) is 4. The van der Waals surface area contributed by atoms with Crippen LogP contribution in [0.4, 0.5) is 0 Å². The maximum absolute atomic E-state index is 16.2. The summed E-state index contributed by atoms with van der Waals surface area (Å²) < 4.78 is 41.0. The zero-order valence-electron chi connectivity index (χ0n) is 45.0. The molecule has 0 radical (unpaired) electrons. The Kier molecular flexibility index (Phi) is 17.0. The molecule has 0 aliphatic heterocycles. The number of hydrogen-bond acceptors (Lipinski definition) is 11. The standard InChI is InChI=1S/C63H69N6O5P/c1-10-30-71-36-49-41(6)57-59(43(8)51(49)38-73-32-12-3)66-53(34-64-57)62-63(54-35-65-58-42(7)50(37-72-31-11-2)52(39-74-33-13-4)44(9)60(58)67-54)69-61-48(29-28-40(5)56(61)68-62)47-26-20-21-27-55(47)75(70,45-22-16-14-17-23-45)46-24-18-15-19-25-46/h14-29,34-35H,10-13,30-33,36-39H2,1-9H3. The molecule has 3 aromatic heterocycles. The van der Waals surface area contributed by atoms with Crippen molar-refractivity contribution >= 4 is 56.2 Å². The van der Waals surface area contributed by atoms with Crippen LogP contribution < -0.4 is 15.9 Å². The number of rotatable bonds is 22. The molecule has 0 saturated carbocycles. The van der Waals surface area contributed by atoms with Gasteiger partial charge in [0, 0.05) is 47.9 Å². The van der Waals surface area contributed by atoms with Crippen LogP contribution in [0.3, 0.4) is 0 Å². The van der Waals surface area contributed by atoms with E-state index >= 15 is 4.57 Å². The van der Waals surface area contributed by atoms with E-state index in [4.69, 9.17) is 48.9 Å². The van der Waals surface area contributed by atoms with Crippen molar-refractivity contribution in [3.05, 3.63) is 160 Å². The molecule has 386 valence electrons. The summed E-state index contributed by atoms with van der Waals surface area (Å²) in [6.45, 7) is 23.3. The average molecular weight is 1020 g/mol. The molecule has 11 nitrogen and oxygen atoms in total. The fraction of sp³-hybridized carbons (Fsp3) is 0.333. The Morgan fingerprint density at radius 3 is 1.21 bits per heavy atom. The molecule has 12 heteroatoms. The van der Waals surface area contributed by atoms with Gasteiger partial charge in [0.05, 0.1) is 71.9 Å². The number of nitrogens with zero attached hydrogens (tertiary/aromatic N) is 6. The first-order valence-corrected chi connectivity index (χ1v) is 28.3. The Hall–Kier alpha value is -6.59. The second-order valence-electron chi connectivity index (χ2n) is 19.4. The van der Waals surface area contributed by atoms with E-state index < -0.39 is 7.14 Å². The summed E-state index contributed by atoms with van der Waals surface area (Å²) >= 11 is 0. The topological polar surface area (TPSA) is 131 Å². The van der Waals surface area contributed by atoms with Crippen LogP contribution in [0.2, 0.25) is 0 Å². The van der Waals surface area contributed by atoms with Gasteiger partial charge < -0.3 is 23.5 Å². The van der Waals surface area contributed by atoms with E-state index in [1.807, 2.05) is 91.9 Å². The lowest BCUT2D eigenvalue weighted by Gasteiger charge is -2.23. The smallest absolute Gasteiger partial charge is 0.171 e. The summed E-state index contributed by atoms with van der Waals surface area (Å²) in [6, 6.07) is 31.7. The molecular weight excluding hydrogens is 952 g/mol. The summed E-state index contributed by atoms with van der Waals surface area (Å²) in [5.41, 5.74) is 17.2. The Morgan fingerprint density at radius 1 is 0.400 bits per heavy atom. The summed E-state index contributed by atoms with van der Waals surface area (Å²) in [5.74, 6) is 0. The normalized spacial score (nSPS) is 11.9. The Labute approximate surface area is 441 Å². The van der Waals surface area contributed by atoms with Gasteiger partial charge in [-0.25, -0.2) is 19.9 Å². The lowest BCUT2D eigenvalue weighted by Crippen LogP contribution is -2.26. The molecule has 0 aliphatic rings. The van der Waals surface area contributed by atoms with Gasteiger partial charge in [0.2, 0.25) is 0 Å². The minimum absolute atomic E-state index is 0.426. The van der Waals surface area contributed by atoms with Crippen LogP contribution in [0.25, 0.3) is 67.0 Å². The molecule has 3 heterocycles. The van der Waals surface area contributed by atoms with Gasteiger partial charge in [-0.2, -0.15) is 0 Å². The van der Waals surface area contributed by atoms with E-state index in [0.29, 0.717) is 92.0 Å². The molecular formula is C63H69N6O5P. The number of hydrogen-bond donors (Lipinski definition) is 0. The number of fused-ring (bicyclic) bond motifs is 3. The SMILES string of the molecule is CCCOCc1c(COCCC)c(C)c2nc(-c3nc4c(C)ccc(-c5ccccc5P(=O)(c5ccccc5)c5ccccc5)c4nc3-c3cnc4c(C)c(COCCC)c(COCCC)c(C)c4n3)cnc2c1C. The first kappa shape index (κ1) is 53.2. The molecule has 0 N–H and O–H groups in total. The zero-order chi connectivity index (χ0) is 52.6. The monoisotopic (exact) mass is 1020 g/mol. The number of benzene rings is 6. The van der Waals surface area contributed by atoms with E-state index in [1.165, 1.54) is 0 Å². The molecule has 0 spiro atoms. The predicted molar refractivity (Wildman–Crippen MR) is 305 cm³/mol. The van der Waals surface area contributed by atoms with E-state index in [-0.39, 0.29) is 0 Å². The fourth-order valence-electron chi connectivity index (χ4n) is 10.1. The van der Waals surface area contributed by atoms with Crippen molar-refractivity contribution in [2.75, 3.05) is 26.4 Å². The van der Waals surface area contributed by atoms with Gasteiger partial charge in [0.1, 0.15) is 22.8 Å². The van der Waals surface area contributed by atoms with Gasteiger partial charge in [-0.1, -0.05) is 125 Å². The Bertz CT molecular complexity index is 3510. The van der Waals surface area contributed by atoms with E-state index in [1.54, 1.807) is 12.4 Å². The van der Waals surface area contributed by atoms with Crippen molar-refractivity contribution in [1.82, 2.24) is 29.9 Å². The highest BCUT2D eigenvalue weighted by atomic mass is 31.2. The molecule has 6 aromatic carbocycles. The molecule has 0 bridgehead atoms. The minimum Gasteiger partial charge on any atom is -0.377 e. The van der Waals surface area contributed by atoms with Crippen LogP contribution in [-0.2, 0) is 49.9 Å². The van der Waals surface area contributed by atoms with Crippen molar-refractivity contribution in [3.63, 3.8) is 0 Å². The summed E-state index contributed by atoms with van der Waals surface area (Å²) in [7, 11) is -3.45. The zero-order valence-corrected chi connectivity index (χ0v) is 45.9. The fourth-order valence-corrected chi connectivity index (χ4v) is 13.0. The molecule has 9 aromatic rings. The molecule has 75 heavy (non-hydrogen) atoms. The highest BCUT2D eigenvalue weighted by molar-refractivity contribution is 7.85. The number of aromatic nitrogens is 6. The molecule has 0 fully saturated rings. The van der Waals surface area contributed by atoms with Gasteiger partial charge in [-0.3, -0.25) is 9.97 Å². The van der Waals surface area contributed by atoms with Crippen molar-refractivity contribution < 1.29 is 23.5 Å². The van der Waals surface area contributed by atoms with Crippen molar-refractivity contribution in [1.29, 1.82) is 0 Å². The van der Waals surface area contributed by atoms with Crippen molar-refractivity contribution in [2.24, 2.45) is 0 Å². The first-order chi connectivity index (χ1) is 36.5. The molecule has 0 saturated heterocycles. The highest BCUT2D eigenvalue weighted by Gasteiger charge is 2.33. The molecule has 0 aliphatic carbocycles. The second-order valence-corrected chi connectivity index (χ2v) is 22.1. The maximum atomic E-state index is 16.2. The predicted octanol–water partition coefficient (Wildman–Crippen LogP) is 13.4. The van der Waals surface area contributed by atoms with E-state index in [0.717, 1.165) is 120 Å². The minimum atomic E-state index is -3.45. The Balaban J connectivity index is 1.33. The number of aryl methyl sites for hydroxylation is 5. The van der Waals surface area contributed by atoms with Gasteiger partial charge in [-0.15, -0.1) is 0 Å². The van der Waals surface area contributed by atoms with Gasteiger partial charge in [0.15, 0.2) is 7.14 Å². The average Bonchev–Trinajstić information content (AvgIpc) is 3.46. The summed E-state index contributed by atoms with van der Waals surface area (Å²) in [5, 5.41) is 2.19. The van der Waals surface area contributed by atoms with Crippen molar-refractivity contribution in [2.45, 2.75) is 114 Å². The van der Waals surface area contributed by atoms with E-state index in [2.05, 4.69) is 67.5 Å². The molecule has 0 atom stereocenters. The summed E-state index contributed by atoms with van der Waals surface area (Å²) in [6.07, 6.45) is 7.26. The quantitative estimate of drug-likeness (QED) is 0.0475. The molecule has 9 rings (SSSR count).